The molecule has 0 aromatic heterocycles. The van der Waals surface area contributed by atoms with Gasteiger partial charge in [0.05, 0.1) is 0 Å². The Bertz CT molecular complexity index is 759. The number of piperazine rings is 1. The minimum absolute atomic E-state index is 0.0155. The van der Waals surface area contributed by atoms with E-state index in [1.54, 1.807) is 11.9 Å². The molecule has 0 saturated carbocycles. The van der Waals surface area contributed by atoms with Crippen molar-refractivity contribution in [2.24, 2.45) is 0 Å². The molecule has 1 aliphatic rings. The number of rotatable bonds is 4. The van der Waals surface area contributed by atoms with E-state index in [1.165, 1.54) is 5.56 Å². The number of hydrogen-bond donors (Lipinski definition) is 1. The maximum atomic E-state index is 12.8. The summed E-state index contributed by atoms with van der Waals surface area (Å²) in [5.74, 6) is -0.0689. The van der Waals surface area contributed by atoms with Gasteiger partial charge in [0.2, 0.25) is 5.91 Å². The van der Waals surface area contributed by atoms with Crippen molar-refractivity contribution in [1.82, 2.24) is 15.1 Å². The molecule has 26 heavy (non-hydrogen) atoms. The van der Waals surface area contributed by atoms with Crippen molar-refractivity contribution in [2.75, 3.05) is 26.7 Å². The van der Waals surface area contributed by atoms with Crippen LogP contribution in [0, 0.1) is 6.92 Å². The van der Waals surface area contributed by atoms with Crippen LogP contribution < -0.4 is 5.32 Å². The zero-order chi connectivity index (χ0) is 18.5. The van der Waals surface area contributed by atoms with Gasteiger partial charge in [0.25, 0.3) is 5.91 Å². The summed E-state index contributed by atoms with van der Waals surface area (Å²) in [6.07, 6.45) is 0. The van der Waals surface area contributed by atoms with Crippen molar-refractivity contribution < 1.29 is 9.59 Å². The first-order chi connectivity index (χ1) is 12.6. The van der Waals surface area contributed by atoms with E-state index in [0.29, 0.717) is 31.7 Å². The van der Waals surface area contributed by atoms with E-state index in [-0.39, 0.29) is 17.9 Å². The maximum Gasteiger partial charge on any atom is 0.253 e. The summed E-state index contributed by atoms with van der Waals surface area (Å²) in [4.78, 5) is 29.2. The van der Waals surface area contributed by atoms with Gasteiger partial charge in [0.15, 0.2) is 0 Å². The zero-order valence-corrected chi connectivity index (χ0v) is 15.3. The monoisotopic (exact) mass is 351 g/mol. The van der Waals surface area contributed by atoms with Gasteiger partial charge in [-0.1, -0.05) is 48.0 Å². The zero-order valence-electron chi connectivity index (χ0n) is 15.3. The van der Waals surface area contributed by atoms with Gasteiger partial charge < -0.3 is 10.2 Å². The van der Waals surface area contributed by atoms with Gasteiger partial charge in [-0.3, -0.25) is 14.5 Å². The molecule has 5 heteroatoms. The summed E-state index contributed by atoms with van der Waals surface area (Å²) < 4.78 is 0. The molecule has 1 saturated heterocycles. The molecule has 0 spiro atoms. The van der Waals surface area contributed by atoms with Crippen LogP contribution in [0.5, 0.6) is 0 Å². The molecule has 0 radical (unpaired) electrons. The first-order valence-corrected chi connectivity index (χ1v) is 8.94. The lowest BCUT2D eigenvalue weighted by molar-refractivity contribution is -0.128. The number of likely N-dealkylation sites (N-methyl/N-ethyl adjacent to an activating group) is 1. The lowest BCUT2D eigenvalue weighted by atomic mass is 10.1. The van der Waals surface area contributed by atoms with Gasteiger partial charge in [0.1, 0.15) is 6.04 Å². The standard InChI is InChI=1S/C21H25N3O2/c1-16-8-10-18(11-9-16)21(26)24-13-12-23(19(15-24)20(25)22-2)14-17-6-4-3-5-7-17/h3-11,19H,12-15H2,1-2H3,(H,22,25). The molecule has 1 fully saturated rings. The molecule has 1 unspecified atom stereocenters. The molecule has 5 nitrogen and oxygen atoms in total. The SMILES string of the molecule is CNC(=O)C1CN(C(=O)c2ccc(C)cc2)CCN1Cc1ccccc1. The van der Waals surface area contributed by atoms with Crippen molar-refractivity contribution in [3.05, 3.63) is 71.3 Å². The molecule has 0 aliphatic carbocycles. The summed E-state index contributed by atoms with van der Waals surface area (Å²) in [7, 11) is 1.64. The fraction of sp³-hybridized carbons (Fsp3) is 0.333. The third-order valence-electron chi connectivity index (χ3n) is 4.85. The molecule has 0 bridgehead atoms. The van der Waals surface area contributed by atoms with Crippen LogP contribution in [0.15, 0.2) is 54.6 Å². The number of nitrogens with one attached hydrogen (secondary N) is 1. The first-order valence-electron chi connectivity index (χ1n) is 8.94. The molecular weight excluding hydrogens is 326 g/mol. The van der Waals surface area contributed by atoms with Crippen LogP contribution in [0.25, 0.3) is 0 Å². The highest BCUT2D eigenvalue weighted by Crippen LogP contribution is 2.17. The topological polar surface area (TPSA) is 52.7 Å². The summed E-state index contributed by atoms with van der Waals surface area (Å²) in [5.41, 5.74) is 2.96. The molecule has 1 atom stereocenters. The Hall–Kier alpha value is -2.66. The molecule has 2 aromatic carbocycles. The van der Waals surface area contributed by atoms with Gasteiger partial charge >= 0.3 is 0 Å². The summed E-state index contributed by atoms with van der Waals surface area (Å²) in [6.45, 7) is 4.39. The number of carbonyl (C=O) groups excluding carboxylic acids is 2. The number of aryl methyl sites for hydroxylation is 1. The molecule has 2 aromatic rings. The molecule has 3 rings (SSSR count). The van der Waals surface area contributed by atoms with Crippen LogP contribution in [-0.4, -0.2) is 54.3 Å². The molecule has 1 heterocycles. The van der Waals surface area contributed by atoms with E-state index >= 15 is 0 Å². The van der Waals surface area contributed by atoms with E-state index in [2.05, 4.69) is 22.3 Å². The van der Waals surface area contributed by atoms with E-state index in [4.69, 9.17) is 0 Å². The second kappa shape index (κ2) is 8.15. The van der Waals surface area contributed by atoms with Crippen LogP contribution in [0.1, 0.15) is 21.5 Å². The van der Waals surface area contributed by atoms with Crippen molar-refractivity contribution in [3.8, 4) is 0 Å². The van der Waals surface area contributed by atoms with Crippen LogP contribution in [0.4, 0.5) is 0 Å². The largest absolute Gasteiger partial charge is 0.358 e. The Morgan fingerprint density at radius 3 is 2.38 bits per heavy atom. The average Bonchev–Trinajstić information content (AvgIpc) is 2.68. The Kier molecular flexibility index (Phi) is 5.68. The van der Waals surface area contributed by atoms with E-state index in [0.717, 1.165) is 5.56 Å². The van der Waals surface area contributed by atoms with Gasteiger partial charge in [-0.2, -0.15) is 0 Å². The maximum absolute atomic E-state index is 12.8. The number of amides is 2. The minimum Gasteiger partial charge on any atom is -0.358 e. The highest BCUT2D eigenvalue weighted by molar-refractivity contribution is 5.95. The van der Waals surface area contributed by atoms with Gasteiger partial charge in [-0.15, -0.1) is 0 Å². The fourth-order valence-electron chi connectivity index (χ4n) is 3.31. The lowest BCUT2D eigenvalue weighted by Gasteiger charge is -2.40. The fourth-order valence-corrected chi connectivity index (χ4v) is 3.31. The molecule has 136 valence electrons. The summed E-state index contributed by atoms with van der Waals surface area (Å²) in [5, 5.41) is 2.74. The molecule has 1 N–H and O–H groups in total. The van der Waals surface area contributed by atoms with Crippen molar-refractivity contribution in [2.45, 2.75) is 19.5 Å². The Balaban J connectivity index is 1.74. The highest BCUT2D eigenvalue weighted by atomic mass is 16.2. The van der Waals surface area contributed by atoms with E-state index < -0.39 is 0 Å². The Labute approximate surface area is 154 Å². The van der Waals surface area contributed by atoms with Crippen LogP contribution in [0.2, 0.25) is 0 Å². The van der Waals surface area contributed by atoms with Gasteiger partial charge in [0, 0.05) is 38.8 Å². The molecule has 1 aliphatic heterocycles. The smallest absolute Gasteiger partial charge is 0.253 e. The lowest BCUT2D eigenvalue weighted by Crippen LogP contribution is -2.59. The molecular formula is C21H25N3O2. The van der Waals surface area contributed by atoms with Crippen LogP contribution >= 0.6 is 0 Å². The van der Waals surface area contributed by atoms with E-state index in [9.17, 15) is 9.59 Å². The second-order valence-electron chi connectivity index (χ2n) is 6.70. The van der Waals surface area contributed by atoms with Gasteiger partial charge in [-0.05, 0) is 24.6 Å². The summed E-state index contributed by atoms with van der Waals surface area (Å²) >= 11 is 0. The Morgan fingerprint density at radius 2 is 1.73 bits per heavy atom. The quantitative estimate of drug-likeness (QED) is 0.917. The van der Waals surface area contributed by atoms with Crippen LogP contribution in [0.3, 0.4) is 0 Å². The van der Waals surface area contributed by atoms with Crippen LogP contribution in [-0.2, 0) is 11.3 Å². The van der Waals surface area contributed by atoms with Crippen molar-refractivity contribution >= 4 is 11.8 Å². The highest BCUT2D eigenvalue weighted by Gasteiger charge is 2.34. The number of nitrogens with zero attached hydrogens (tertiary/aromatic N) is 2. The Morgan fingerprint density at radius 1 is 1.04 bits per heavy atom. The number of benzene rings is 2. The third kappa shape index (κ3) is 4.11. The first kappa shape index (κ1) is 18.1. The van der Waals surface area contributed by atoms with Crippen molar-refractivity contribution in [3.63, 3.8) is 0 Å². The van der Waals surface area contributed by atoms with Gasteiger partial charge in [-0.25, -0.2) is 0 Å². The third-order valence-corrected chi connectivity index (χ3v) is 4.85. The second-order valence-corrected chi connectivity index (χ2v) is 6.70. The number of carbonyl (C=O) groups is 2. The minimum atomic E-state index is -0.344. The average molecular weight is 351 g/mol. The van der Waals surface area contributed by atoms with Crippen molar-refractivity contribution in [1.29, 1.82) is 0 Å². The summed E-state index contributed by atoms with van der Waals surface area (Å²) in [6, 6.07) is 17.3. The molecule has 2 amide bonds. The predicted molar refractivity (Wildman–Crippen MR) is 102 cm³/mol. The predicted octanol–water partition coefficient (Wildman–Crippen LogP) is 2.07. The normalized spacial score (nSPS) is 17.8. The number of hydrogen-bond acceptors (Lipinski definition) is 3. The van der Waals surface area contributed by atoms with E-state index in [1.807, 2.05) is 49.4 Å².